The lowest BCUT2D eigenvalue weighted by Gasteiger charge is -2.38. The molecule has 0 amide bonds. The number of benzene rings is 1. The number of aryl methyl sites for hydroxylation is 3. The highest BCUT2D eigenvalue weighted by molar-refractivity contribution is 5.69. The van der Waals surface area contributed by atoms with Gasteiger partial charge in [-0.05, 0) is 44.0 Å². The Kier molecular flexibility index (Phi) is 3.59. The van der Waals surface area contributed by atoms with Crippen molar-refractivity contribution >= 4 is 17.0 Å². The summed E-state index contributed by atoms with van der Waals surface area (Å²) in [6, 6.07) is 8.79. The number of nitrogens with zero attached hydrogens (tertiary/aromatic N) is 6. The fraction of sp³-hybridized carbons (Fsp3) is 0.389. The van der Waals surface area contributed by atoms with Crippen molar-refractivity contribution in [2.45, 2.75) is 20.8 Å². The molecule has 4 rings (SSSR count). The summed E-state index contributed by atoms with van der Waals surface area (Å²) in [5.41, 5.74) is 6.95. The van der Waals surface area contributed by atoms with E-state index in [9.17, 15) is 0 Å². The second-order valence-corrected chi connectivity index (χ2v) is 6.53. The Hall–Kier alpha value is -2.63. The van der Waals surface area contributed by atoms with Gasteiger partial charge in [-0.3, -0.25) is 0 Å². The quantitative estimate of drug-likeness (QED) is 0.725. The molecule has 0 radical (unpaired) electrons. The standard InChI is InChI=1S/C18H22N6/c1-13-4-5-14(2)16(10-13)22-6-8-23(9-7-22)17-11-15(3)21-24-12-19-20-18(17)24/h4-5,10-12H,6-9H2,1-3H3. The van der Waals surface area contributed by atoms with Crippen molar-refractivity contribution in [2.24, 2.45) is 0 Å². The molecule has 0 saturated carbocycles. The fourth-order valence-electron chi connectivity index (χ4n) is 3.41. The third kappa shape index (κ3) is 2.58. The summed E-state index contributed by atoms with van der Waals surface area (Å²) < 4.78 is 1.77. The van der Waals surface area contributed by atoms with E-state index in [0.717, 1.165) is 43.2 Å². The molecule has 1 aliphatic rings. The summed E-state index contributed by atoms with van der Waals surface area (Å²) in [7, 11) is 0. The smallest absolute Gasteiger partial charge is 0.200 e. The van der Waals surface area contributed by atoms with Crippen LogP contribution in [-0.4, -0.2) is 46.0 Å². The molecule has 0 unspecified atom stereocenters. The first-order chi connectivity index (χ1) is 11.6. The molecule has 6 nitrogen and oxygen atoms in total. The number of hydrogen-bond donors (Lipinski definition) is 0. The van der Waals surface area contributed by atoms with Crippen LogP contribution in [-0.2, 0) is 0 Å². The van der Waals surface area contributed by atoms with E-state index in [2.05, 4.69) is 63.2 Å². The van der Waals surface area contributed by atoms with E-state index in [1.54, 1.807) is 10.8 Å². The lowest BCUT2D eigenvalue weighted by atomic mass is 10.1. The summed E-state index contributed by atoms with van der Waals surface area (Å²) in [4.78, 5) is 4.87. The first kappa shape index (κ1) is 14.9. The maximum atomic E-state index is 4.43. The zero-order valence-corrected chi connectivity index (χ0v) is 14.4. The molecule has 0 spiro atoms. The van der Waals surface area contributed by atoms with Gasteiger partial charge in [0, 0.05) is 31.9 Å². The van der Waals surface area contributed by atoms with E-state index in [1.807, 2.05) is 6.92 Å². The van der Waals surface area contributed by atoms with Gasteiger partial charge < -0.3 is 9.80 Å². The molecule has 3 heterocycles. The molecule has 6 heteroatoms. The van der Waals surface area contributed by atoms with Crippen molar-refractivity contribution in [3.05, 3.63) is 47.4 Å². The number of aromatic nitrogens is 4. The van der Waals surface area contributed by atoms with Gasteiger partial charge in [-0.1, -0.05) is 12.1 Å². The fourth-order valence-corrected chi connectivity index (χ4v) is 3.41. The molecular formula is C18H22N6. The molecule has 0 aliphatic carbocycles. The average Bonchev–Trinajstić information content (AvgIpc) is 3.05. The molecule has 1 fully saturated rings. The Morgan fingerprint density at radius 1 is 0.875 bits per heavy atom. The molecule has 1 aliphatic heterocycles. The largest absolute Gasteiger partial charge is 0.368 e. The minimum Gasteiger partial charge on any atom is -0.368 e. The van der Waals surface area contributed by atoms with Gasteiger partial charge in [-0.2, -0.15) is 9.61 Å². The zero-order valence-electron chi connectivity index (χ0n) is 14.4. The minimum absolute atomic E-state index is 0.834. The molecule has 3 aromatic rings. The van der Waals surface area contributed by atoms with Gasteiger partial charge in [-0.25, -0.2) is 0 Å². The molecular weight excluding hydrogens is 300 g/mol. The van der Waals surface area contributed by atoms with Crippen molar-refractivity contribution in [1.29, 1.82) is 0 Å². The van der Waals surface area contributed by atoms with E-state index in [0.29, 0.717) is 0 Å². The minimum atomic E-state index is 0.834. The number of hydrogen-bond acceptors (Lipinski definition) is 5. The highest BCUT2D eigenvalue weighted by atomic mass is 15.4. The maximum Gasteiger partial charge on any atom is 0.200 e. The van der Waals surface area contributed by atoms with Crippen LogP contribution in [0.5, 0.6) is 0 Å². The number of anilines is 2. The van der Waals surface area contributed by atoms with E-state index < -0.39 is 0 Å². The predicted molar refractivity (Wildman–Crippen MR) is 95.9 cm³/mol. The van der Waals surface area contributed by atoms with Crippen LogP contribution < -0.4 is 9.80 Å². The highest BCUT2D eigenvalue weighted by Gasteiger charge is 2.21. The van der Waals surface area contributed by atoms with Crippen LogP contribution in [0, 0.1) is 20.8 Å². The third-order valence-corrected chi connectivity index (χ3v) is 4.70. The molecule has 24 heavy (non-hydrogen) atoms. The lowest BCUT2D eigenvalue weighted by Crippen LogP contribution is -2.47. The van der Waals surface area contributed by atoms with Crippen molar-refractivity contribution in [2.75, 3.05) is 36.0 Å². The van der Waals surface area contributed by atoms with Gasteiger partial charge in [0.15, 0.2) is 0 Å². The Morgan fingerprint density at radius 3 is 2.33 bits per heavy atom. The van der Waals surface area contributed by atoms with Gasteiger partial charge in [0.2, 0.25) is 5.65 Å². The van der Waals surface area contributed by atoms with Crippen LogP contribution in [0.25, 0.3) is 5.65 Å². The van der Waals surface area contributed by atoms with E-state index in [4.69, 9.17) is 0 Å². The van der Waals surface area contributed by atoms with Crippen LogP contribution in [0.1, 0.15) is 16.8 Å². The summed E-state index contributed by atoms with van der Waals surface area (Å²) in [6.07, 6.45) is 1.66. The van der Waals surface area contributed by atoms with Gasteiger partial charge in [0.1, 0.15) is 6.33 Å². The van der Waals surface area contributed by atoms with Crippen molar-refractivity contribution < 1.29 is 0 Å². The summed E-state index contributed by atoms with van der Waals surface area (Å²) in [5.74, 6) is 0. The molecule has 1 saturated heterocycles. The van der Waals surface area contributed by atoms with Gasteiger partial charge in [0.05, 0.1) is 11.4 Å². The van der Waals surface area contributed by atoms with Crippen molar-refractivity contribution in [3.8, 4) is 0 Å². The molecule has 124 valence electrons. The Balaban J connectivity index is 1.57. The number of rotatable bonds is 2. The topological polar surface area (TPSA) is 49.6 Å². The molecule has 1 aromatic carbocycles. The Labute approximate surface area is 141 Å². The van der Waals surface area contributed by atoms with Crippen LogP contribution >= 0.6 is 0 Å². The van der Waals surface area contributed by atoms with E-state index >= 15 is 0 Å². The second kappa shape index (κ2) is 5.78. The lowest BCUT2D eigenvalue weighted by molar-refractivity contribution is 0.651. The van der Waals surface area contributed by atoms with Crippen molar-refractivity contribution in [3.63, 3.8) is 0 Å². The molecule has 0 N–H and O–H groups in total. The number of fused-ring (bicyclic) bond motifs is 1. The van der Waals surface area contributed by atoms with Gasteiger partial charge in [0.25, 0.3) is 0 Å². The van der Waals surface area contributed by atoms with Gasteiger partial charge >= 0.3 is 0 Å². The van der Waals surface area contributed by atoms with Crippen LogP contribution in [0.3, 0.4) is 0 Å². The summed E-state index contributed by atoms with van der Waals surface area (Å²) in [6.45, 7) is 10.3. The Morgan fingerprint density at radius 2 is 1.58 bits per heavy atom. The first-order valence-electron chi connectivity index (χ1n) is 8.36. The van der Waals surface area contributed by atoms with E-state index in [-0.39, 0.29) is 0 Å². The van der Waals surface area contributed by atoms with E-state index in [1.165, 1.54) is 16.8 Å². The highest BCUT2D eigenvalue weighted by Crippen LogP contribution is 2.26. The van der Waals surface area contributed by atoms with Crippen LogP contribution in [0.4, 0.5) is 11.4 Å². The predicted octanol–water partition coefficient (Wildman–Crippen LogP) is 2.38. The third-order valence-electron chi connectivity index (χ3n) is 4.70. The summed E-state index contributed by atoms with van der Waals surface area (Å²) in [5, 5.41) is 12.7. The first-order valence-corrected chi connectivity index (χ1v) is 8.36. The van der Waals surface area contributed by atoms with Gasteiger partial charge in [-0.15, -0.1) is 10.2 Å². The molecule has 0 atom stereocenters. The molecule has 2 aromatic heterocycles. The van der Waals surface area contributed by atoms with Crippen molar-refractivity contribution in [1.82, 2.24) is 19.8 Å². The monoisotopic (exact) mass is 322 g/mol. The SMILES string of the molecule is Cc1ccc(C)c(N2CCN(c3cc(C)nn4cnnc34)CC2)c1. The Bertz CT molecular complexity index is 876. The molecule has 0 bridgehead atoms. The average molecular weight is 322 g/mol. The maximum absolute atomic E-state index is 4.43. The van der Waals surface area contributed by atoms with Crippen LogP contribution in [0.2, 0.25) is 0 Å². The summed E-state index contributed by atoms with van der Waals surface area (Å²) >= 11 is 0. The van der Waals surface area contributed by atoms with Crippen LogP contribution in [0.15, 0.2) is 30.6 Å². The second-order valence-electron chi connectivity index (χ2n) is 6.53. The zero-order chi connectivity index (χ0) is 16.7. The number of piperazine rings is 1. The normalized spacial score (nSPS) is 15.3.